The van der Waals surface area contributed by atoms with E-state index in [0.717, 1.165) is 6.42 Å². The van der Waals surface area contributed by atoms with Gasteiger partial charge in [0.2, 0.25) is 0 Å². The van der Waals surface area contributed by atoms with Crippen molar-refractivity contribution in [3.8, 4) is 0 Å². The van der Waals surface area contributed by atoms with Crippen LogP contribution in [0.15, 0.2) is 54.1 Å². The Morgan fingerprint density at radius 2 is 1.70 bits per heavy atom. The molecule has 0 saturated heterocycles. The zero-order valence-corrected chi connectivity index (χ0v) is 14.9. The highest BCUT2D eigenvalue weighted by Gasteiger charge is 2.39. The molecule has 0 heteroatoms. The minimum atomic E-state index is 0.185. The minimum absolute atomic E-state index is 0.185. The van der Waals surface area contributed by atoms with Gasteiger partial charge < -0.3 is 0 Å². The lowest BCUT2D eigenvalue weighted by molar-refractivity contribution is 0.325. The van der Waals surface area contributed by atoms with E-state index in [4.69, 9.17) is 0 Å². The Balaban J connectivity index is 2.05. The summed E-state index contributed by atoms with van der Waals surface area (Å²) in [7, 11) is 0. The van der Waals surface area contributed by atoms with Gasteiger partial charge in [-0.25, -0.2) is 0 Å². The normalized spacial score (nSPS) is 24.5. The van der Waals surface area contributed by atoms with E-state index in [1.54, 1.807) is 5.57 Å². The average Bonchev–Trinajstić information content (AvgIpc) is 2.50. The molecule has 0 aromatic heterocycles. The fraction of sp³-hybridized carbons (Fsp3) is 0.391. The third-order valence-corrected chi connectivity index (χ3v) is 6.19. The van der Waals surface area contributed by atoms with Crippen molar-refractivity contribution < 1.29 is 0 Å². The van der Waals surface area contributed by atoms with Gasteiger partial charge >= 0.3 is 0 Å². The summed E-state index contributed by atoms with van der Waals surface area (Å²) in [5.41, 5.74) is 6.55. The van der Waals surface area contributed by atoms with Gasteiger partial charge in [0.05, 0.1) is 0 Å². The van der Waals surface area contributed by atoms with Crippen LogP contribution in [0.2, 0.25) is 0 Å². The third-order valence-electron chi connectivity index (χ3n) is 6.19. The number of fused-ring (bicyclic) bond motifs is 4. The zero-order chi connectivity index (χ0) is 16.4. The predicted molar refractivity (Wildman–Crippen MR) is 101 cm³/mol. The molecule has 1 unspecified atom stereocenters. The highest BCUT2D eigenvalue weighted by Crippen LogP contribution is 2.53. The molecular formula is C23H26. The van der Waals surface area contributed by atoms with Gasteiger partial charge in [-0.05, 0) is 50.6 Å². The molecule has 0 spiro atoms. The van der Waals surface area contributed by atoms with E-state index < -0.39 is 0 Å². The Kier molecular flexibility index (Phi) is 2.95. The lowest BCUT2D eigenvalue weighted by Crippen LogP contribution is -2.32. The maximum Gasteiger partial charge on any atom is -0.00537 e. The number of hydrogen-bond donors (Lipinski definition) is 0. The van der Waals surface area contributed by atoms with Crippen molar-refractivity contribution in [2.24, 2.45) is 11.3 Å². The molecular weight excluding hydrogens is 276 g/mol. The fourth-order valence-corrected chi connectivity index (χ4v) is 4.53. The van der Waals surface area contributed by atoms with Gasteiger partial charge in [0.25, 0.3) is 0 Å². The van der Waals surface area contributed by atoms with Crippen molar-refractivity contribution >= 4 is 16.3 Å². The van der Waals surface area contributed by atoms with E-state index in [9.17, 15) is 0 Å². The van der Waals surface area contributed by atoms with E-state index in [1.165, 1.54) is 27.5 Å². The molecule has 0 aliphatic heterocycles. The molecule has 2 aliphatic carbocycles. The van der Waals surface area contributed by atoms with Crippen molar-refractivity contribution in [2.45, 2.75) is 46.5 Å². The van der Waals surface area contributed by atoms with Crippen molar-refractivity contribution in [3.63, 3.8) is 0 Å². The lowest BCUT2D eigenvalue weighted by Gasteiger charge is -2.44. The summed E-state index contributed by atoms with van der Waals surface area (Å²) in [5, 5.41) is 2.78. The van der Waals surface area contributed by atoms with Crippen LogP contribution in [-0.4, -0.2) is 0 Å². The fourth-order valence-electron chi connectivity index (χ4n) is 4.53. The molecule has 2 aromatic carbocycles. The van der Waals surface area contributed by atoms with E-state index in [2.05, 4.69) is 83.2 Å². The van der Waals surface area contributed by atoms with Crippen LogP contribution in [-0.2, 0) is 5.41 Å². The second kappa shape index (κ2) is 4.60. The molecule has 0 saturated carbocycles. The monoisotopic (exact) mass is 302 g/mol. The lowest BCUT2D eigenvalue weighted by atomic mass is 9.60. The van der Waals surface area contributed by atoms with Crippen LogP contribution in [0.3, 0.4) is 0 Å². The Morgan fingerprint density at radius 3 is 2.48 bits per heavy atom. The van der Waals surface area contributed by atoms with Crippen molar-refractivity contribution in [3.05, 3.63) is 65.3 Å². The van der Waals surface area contributed by atoms with Crippen LogP contribution in [0.4, 0.5) is 0 Å². The van der Waals surface area contributed by atoms with Gasteiger partial charge in [0, 0.05) is 0 Å². The average molecular weight is 302 g/mol. The highest BCUT2D eigenvalue weighted by atomic mass is 14.4. The van der Waals surface area contributed by atoms with Crippen LogP contribution in [0, 0.1) is 11.3 Å². The summed E-state index contributed by atoms with van der Waals surface area (Å²) in [6.45, 7) is 12.0. The molecule has 4 rings (SSSR count). The smallest absolute Gasteiger partial charge is 0.00537 e. The minimum Gasteiger partial charge on any atom is -0.0777 e. The molecule has 0 amide bonds. The Labute approximate surface area is 139 Å². The molecule has 23 heavy (non-hydrogen) atoms. The van der Waals surface area contributed by atoms with Gasteiger partial charge in [0.15, 0.2) is 0 Å². The van der Waals surface area contributed by atoms with Gasteiger partial charge in [-0.2, -0.15) is 0 Å². The first-order valence-corrected chi connectivity index (χ1v) is 8.76. The largest absolute Gasteiger partial charge is 0.0777 e. The van der Waals surface area contributed by atoms with E-state index in [1.807, 2.05) is 0 Å². The van der Waals surface area contributed by atoms with Crippen LogP contribution in [0.5, 0.6) is 0 Å². The molecule has 0 fully saturated rings. The topological polar surface area (TPSA) is 0 Å². The first-order valence-electron chi connectivity index (χ1n) is 8.76. The first-order chi connectivity index (χ1) is 10.8. The summed E-state index contributed by atoms with van der Waals surface area (Å²) in [6, 6.07) is 13.5. The van der Waals surface area contributed by atoms with Crippen LogP contribution in [0.25, 0.3) is 16.3 Å². The quantitative estimate of drug-likeness (QED) is 0.520. The summed E-state index contributed by atoms with van der Waals surface area (Å²) in [5.74, 6) is 0.599. The third kappa shape index (κ3) is 2.04. The molecule has 2 aliphatic rings. The van der Waals surface area contributed by atoms with Crippen molar-refractivity contribution in [2.75, 3.05) is 0 Å². The zero-order valence-electron chi connectivity index (χ0n) is 14.9. The van der Waals surface area contributed by atoms with Crippen LogP contribution >= 0.6 is 0 Å². The first kappa shape index (κ1) is 14.8. The van der Waals surface area contributed by atoms with Gasteiger partial charge in [-0.1, -0.05) is 88.7 Å². The highest BCUT2D eigenvalue weighted by molar-refractivity contribution is 5.95. The summed E-state index contributed by atoms with van der Waals surface area (Å²) < 4.78 is 0. The van der Waals surface area contributed by atoms with Gasteiger partial charge in [-0.15, -0.1) is 0 Å². The van der Waals surface area contributed by atoms with E-state index in [0.29, 0.717) is 5.92 Å². The van der Waals surface area contributed by atoms with Crippen molar-refractivity contribution in [1.82, 2.24) is 0 Å². The molecule has 0 radical (unpaired) electrons. The SMILES string of the molecule is CC1C2=C(C=CC1(C)C)c1ccc3ccccc3c1C(C)(C)C2. The predicted octanol–water partition coefficient (Wildman–Crippen LogP) is 6.51. The number of rotatable bonds is 0. The molecule has 118 valence electrons. The Bertz CT molecular complexity index is 859. The maximum atomic E-state index is 2.42. The van der Waals surface area contributed by atoms with Gasteiger partial charge in [-0.3, -0.25) is 0 Å². The van der Waals surface area contributed by atoms with Crippen molar-refractivity contribution in [1.29, 1.82) is 0 Å². The summed E-state index contributed by atoms with van der Waals surface area (Å²) in [6.07, 6.45) is 5.96. The molecule has 0 bridgehead atoms. The summed E-state index contributed by atoms with van der Waals surface area (Å²) >= 11 is 0. The molecule has 2 aromatic rings. The summed E-state index contributed by atoms with van der Waals surface area (Å²) in [4.78, 5) is 0. The second-order valence-corrected chi connectivity index (χ2v) is 8.59. The second-order valence-electron chi connectivity index (χ2n) is 8.59. The van der Waals surface area contributed by atoms with Crippen LogP contribution < -0.4 is 0 Å². The molecule has 1 atom stereocenters. The number of allylic oxidation sites excluding steroid dienone is 4. The van der Waals surface area contributed by atoms with Crippen LogP contribution in [0.1, 0.15) is 52.2 Å². The molecule has 0 N–H and O–H groups in total. The molecule has 0 heterocycles. The Hall–Kier alpha value is -1.82. The molecule has 0 nitrogen and oxygen atoms in total. The Morgan fingerprint density at radius 1 is 0.957 bits per heavy atom. The standard InChI is InChI=1S/C23H26/c1-15-20-14-23(4,5)21-17-9-7-6-8-16(17)10-11-19(21)18(20)12-13-22(15,2)3/h6-13,15H,14H2,1-5H3. The maximum absolute atomic E-state index is 2.42. The number of benzene rings is 2. The number of hydrogen-bond acceptors (Lipinski definition) is 0. The van der Waals surface area contributed by atoms with E-state index >= 15 is 0 Å². The van der Waals surface area contributed by atoms with E-state index in [-0.39, 0.29) is 10.8 Å². The van der Waals surface area contributed by atoms with Gasteiger partial charge in [0.1, 0.15) is 0 Å².